The summed E-state index contributed by atoms with van der Waals surface area (Å²) in [5, 5.41) is 5.41. The monoisotopic (exact) mass is 403 g/mol. The van der Waals surface area contributed by atoms with E-state index in [9.17, 15) is 14.4 Å². The van der Waals surface area contributed by atoms with E-state index in [-0.39, 0.29) is 24.4 Å². The van der Waals surface area contributed by atoms with Crippen LogP contribution in [-0.4, -0.2) is 43.1 Å². The molecule has 0 spiro atoms. The third kappa shape index (κ3) is 6.90. The summed E-state index contributed by atoms with van der Waals surface area (Å²) in [5.41, 5.74) is 7.64. The molecule has 158 valence electrons. The van der Waals surface area contributed by atoms with Crippen molar-refractivity contribution in [3.63, 3.8) is 0 Å². The molecule has 0 saturated carbocycles. The number of unbranched alkanes of at least 4 members (excludes halogenated alkanes) is 1. The molecular weight excluding hydrogens is 374 g/mol. The van der Waals surface area contributed by atoms with Crippen LogP contribution in [0.2, 0.25) is 0 Å². The van der Waals surface area contributed by atoms with Gasteiger partial charge in [0.25, 0.3) is 0 Å². The molecule has 29 heavy (non-hydrogen) atoms. The van der Waals surface area contributed by atoms with Gasteiger partial charge in [0.15, 0.2) is 12.4 Å². The summed E-state index contributed by atoms with van der Waals surface area (Å²) in [6, 6.07) is 4.44. The van der Waals surface area contributed by atoms with Crippen molar-refractivity contribution >= 4 is 29.0 Å². The third-order valence-corrected chi connectivity index (χ3v) is 4.32. The van der Waals surface area contributed by atoms with Crippen LogP contribution in [0.1, 0.15) is 45.6 Å². The first kappa shape index (κ1) is 22.4. The number of carbonyl (C=O) groups excluding carboxylic acids is 3. The van der Waals surface area contributed by atoms with E-state index < -0.39 is 12.1 Å². The van der Waals surface area contributed by atoms with Crippen molar-refractivity contribution in [1.29, 1.82) is 0 Å². The zero-order valence-corrected chi connectivity index (χ0v) is 17.1. The molecule has 1 aromatic carbocycles. The number of amides is 2. The Labute approximate surface area is 170 Å². The van der Waals surface area contributed by atoms with E-state index in [0.29, 0.717) is 30.8 Å². The number of allylic oxidation sites excluding steroid dienone is 1. The van der Waals surface area contributed by atoms with Crippen molar-refractivity contribution in [3.8, 4) is 5.75 Å². The molecule has 1 heterocycles. The quantitative estimate of drug-likeness (QED) is 0.574. The van der Waals surface area contributed by atoms with E-state index in [0.717, 1.165) is 17.6 Å². The molecular formula is C21H29N3O5. The lowest BCUT2D eigenvalue weighted by Gasteiger charge is -2.19. The van der Waals surface area contributed by atoms with Crippen LogP contribution < -0.4 is 21.1 Å². The van der Waals surface area contributed by atoms with Crippen LogP contribution in [0.25, 0.3) is 5.57 Å². The van der Waals surface area contributed by atoms with Gasteiger partial charge in [-0.3, -0.25) is 9.59 Å². The normalized spacial score (nSPS) is 14.2. The van der Waals surface area contributed by atoms with Crippen LogP contribution in [0, 0.1) is 0 Å². The maximum absolute atomic E-state index is 12.8. The highest BCUT2D eigenvalue weighted by atomic mass is 16.6. The molecule has 0 aromatic heterocycles. The lowest BCUT2D eigenvalue weighted by atomic mass is 10.0. The lowest BCUT2D eigenvalue weighted by Crippen LogP contribution is -2.44. The van der Waals surface area contributed by atoms with Gasteiger partial charge in [0.1, 0.15) is 11.8 Å². The Hall–Kier alpha value is -2.87. The molecule has 8 nitrogen and oxygen atoms in total. The minimum atomic E-state index is -0.754. The Kier molecular flexibility index (Phi) is 8.21. The van der Waals surface area contributed by atoms with Gasteiger partial charge in [-0.2, -0.15) is 0 Å². The number of fused-ring (bicyclic) bond motifs is 1. The minimum Gasteiger partial charge on any atom is -0.485 e. The topological polar surface area (TPSA) is 120 Å². The van der Waals surface area contributed by atoms with Crippen LogP contribution in [0.5, 0.6) is 5.75 Å². The smallest absolute Gasteiger partial charge is 0.408 e. The Morgan fingerprint density at radius 1 is 1.28 bits per heavy atom. The fourth-order valence-corrected chi connectivity index (χ4v) is 2.94. The van der Waals surface area contributed by atoms with Crippen LogP contribution in [-0.2, 0) is 14.3 Å². The molecule has 0 saturated heterocycles. The van der Waals surface area contributed by atoms with Crippen molar-refractivity contribution in [3.05, 3.63) is 29.8 Å². The van der Waals surface area contributed by atoms with Crippen molar-refractivity contribution in [2.24, 2.45) is 5.73 Å². The average molecular weight is 403 g/mol. The number of benzene rings is 1. The van der Waals surface area contributed by atoms with Crippen LogP contribution in [0.4, 0.5) is 10.5 Å². The maximum Gasteiger partial charge on any atom is 0.408 e. The van der Waals surface area contributed by atoms with Crippen molar-refractivity contribution in [2.75, 3.05) is 18.5 Å². The number of alkyl carbamates (subject to hydrolysis) is 1. The number of carbonyl (C=O) groups is 3. The van der Waals surface area contributed by atoms with Gasteiger partial charge < -0.3 is 25.8 Å². The van der Waals surface area contributed by atoms with Crippen LogP contribution in [0.15, 0.2) is 24.3 Å². The van der Waals surface area contributed by atoms with Gasteiger partial charge in [-0.05, 0) is 70.4 Å². The van der Waals surface area contributed by atoms with E-state index in [1.165, 1.54) is 0 Å². The number of ether oxygens (including phenoxy) is 2. The molecule has 1 aliphatic heterocycles. The first-order chi connectivity index (χ1) is 13.8. The third-order valence-electron chi connectivity index (χ3n) is 4.32. The van der Waals surface area contributed by atoms with Gasteiger partial charge in [0, 0.05) is 17.3 Å². The number of nitrogens with two attached hydrogens (primary N) is 1. The predicted octanol–water partition coefficient (Wildman–Crippen LogP) is 2.62. The largest absolute Gasteiger partial charge is 0.485 e. The molecule has 1 aromatic rings. The molecule has 2 rings (SSSR count). The van der Waals surface area contributed by atoms with Crippen molar-refractivity contribution in [1.82, 2.24) is 5.32 Å². The molecule has 0 bridgehead atoms. The van der Waals surface area contributed by atoms with Gasteiger partial charge in [0.05, 0.1) is 6.10 Å². The summed E-state index contributed by atoms with van der Waals surface area (Å²) < 4.78 is 10.6. The first-order valence-electron chi connectivity index (χ1n) is 9.76. The number of hydrogen-bond acceptors (Lipinski definition) is 6. The fourth-order valence-electron chi connectivity index (χ4n) is 2.94. The standard InChI is InChI=1S/C21H29N3O5/c1-13(2)29-21(27)24-18(6-4-5-9-22)20(26)23-15-7-8-17-14(3)10-16(25)12-28-19(17)11-15/h7-8,10-11,13,18H,4-6,9,12,22H2,1-3H3,(H,23,26)(H,24,27). The van der Waals surface area contributed by atoms with E-state index >= 15 is 0 Å². The highest BCUT2D eigenvalue weighted by molar-refractivity contribution is 6.00. The number of nitrogens with one attached hydrogen (secondary N) is 2. The molecule has 1 aliphatic rings. The molecule has 1 atom stereocenters. The zero-order valence-electron chi connectivity index (χ0n) is 17.1. The second-order valence-electron chi connectivity index (χ2n) is 7.22. The fraction of sp³-hybridized carbons (Fsp3) is 0.476. The van der Waals surface area contributed by atoms with E-state index in [1.807, 2.05) is 6.92 Å². The Balaban J connectivity index is 2.10. The summed E-state index contributed by atoms with van der Waals surface area (Å²) in [7, 11) is 0. The molecule has 1 unspecified atom stereocenters. The molecule has 0 radical (unpaired) electrons. The van der Waals surface area contributed by atoms with Crippen LogP contribution in [0.3, 0.4) is 0 Å². The SMILES string of the molecule is CC1=CC(=O)COc2cc(NC(=O)C(CCCCN)NC(=O)OC(C)C)ccc21. The molecule has 2 amide bonds. The summed E-state index contributed by atoms with van der Waals surface area (Å²) in [4.78, 5) is 36.4. The Morgan fingerprint density at radius 3 is 2.72 bits per heavy atom. The lowest BCUT2D eigenvalue weighted by molar-refractivity contribution is -0.118. The molecule has 0 aliphatic carbocycles. The summed E-state index contributed by atoms with van der Waals surface area (Å²) in [6.45, 7) is 5.77. The molecule has 0 fully saturated rings. The average Bonchev–Trinajstić information content (AvgIpc) is 2.78. The highest BCUT2D eigenvalue weighted by Gasteiger charge is 2.22. The summed E-state index contributed by atoms with van der Waals surface area (Å²) in [6.07, 6.45) is 2.49. The Bertz CT molecular complexity index is 789. The second kappa shape index (κ2) is 10.6. The first-order valence-corrected chi connectivity index (χ1v) is 9.76. The van der Waals surface area contributed by atoms with Crippen molar-refractivity contribution in [2.45, 2.75) is 52.2 Å². The van der Waals surface area contributed by atoms with Gasteiger partial charge in [-0.1, -0.05) is 0 Å². The predicted molar refractivity (Wildman–Crippen MR) is 111 cm³/mol. The zero-order chi connectivity index (χ0) is 21.4. The van der Waals surface area contributed by atoms with Gasteiger partial charge in [0.2, 0.25) is 5.91 Å². The Morgan fingerprint density at radius 2 is 2.03 bits per heavy atom. The minimum absolute atomic E-state index is 0.0496. The van der Waals surface area contributed by atoms with E-state index in [1.54, 1.807) is 38.1 Å². The highest BCUT2D eigenvalue weighted by Crippen LogP contribution is 2.31. The van der Waals surface area contributed by atoms with Crippen LogP contribution >= 0.6 is 0 Å². The number of anilines is 1. The van der Waals surface area contributed by atoms with Crippen molar-refractivity contribution < 1.29 is 23.9 Å². The summed E-state index contributed by atoms with van der Waals surface area (Å²) >= 11 is 0. The second-order valence-corrected chi connectivity index (χ2v) is 7.22. The molecule has 8 heteroatoms. The van der Waals surface area contributed by atoms with Gasteiger partial charge in [-0.25, -0.2) is 4.79 Å². The summed E-state index contributed by atoms with van der Waals surface area (Å²) in [5.74, 6) is 0.0472. The maximum atomic E-state index is 12.8. The molecule has 4 N–H and O–H groups in total. The van der Waals surface area contributed by atoms with Gasteiger partial charge in [-0.15, -0.1) is 0 Å². The number of rotatable bonds is 8. The van der Waals surface area contributed by atoms with Gasteiger partial charge >= 0.3 is 6.09 Å². The number of ketones is 1. The number of hydrogen-bond donors (Lipinski definition) is 3. The van der Waals surface area contributed by atoms with E-state index in [2.05, 4.69) is 10.6 Å². The van der Waals surface area contributed by atoms with E-state index in [4.69, 9.17) is 15.2 Å².